The molecule has 0 saturated carbocycles. The van der Waals surface area contributed by atoms with Crippen molar-refractivity contribution in [2.45, 2.75) is 13.5 Å². The first-order valence-corrected chi connectivity index (χ1v) is 5.81. The van der Waals surface area contributed by atoms with E-state index in [0.29, 0.717) is 11.7 Å². The first-order chi connectivity index (χ1) is 7.25. The third-order valence-electron chi connectivity index (χ3n) is 2.02. The third-order valence-corrected chi connectivity index (χ3v) is 2.86. The molecule has 15 heavy (non-hydrogen) atoms. The number of pyridine rings is 1. The van der Waals surface area contributed by atoms with E-state index >= 15 is 0 Å². The molecule has 0 saturated heterocycles. The van der Waals surface area contributed by atoms with Crippen LogP contribution in [0.3, 0.4) is 0 Å². The third kappa shape index (κ3) is 2.67. The zero-order valence-corrected chi connectivity index (χ0v) is 9.77. The Kier molecular flexibility index (Phi) is 3.18. The van der Waals surface area contributed by atoms with Crippen molar-refractivity contribution in [1.29, 1.82) is 0 Å². The van der Waals surface area contributed by atoms with Crippen LogP contribution in [0.25, 0.3) is 0 Å². The summed E-state index contributed by atoms with van der Waals surface area (Å²) in [6, 6.07) is 1.84. The molecule has 3 nitrogen and oxygen atoms in total. The van der Waals surface area contributed by atoms with Crippen LogP contribution in [0.15, 0.2) is 23.2 Å². The van der Waals surface area contributed by atoms with Crippen molar-refractivity contribution >= 4 is 28.6 Å². The van der Waals surface area contributed by atoms with Crippen LogP contribution in [0.4, 0.5) is 5.69 Å². The maximum Gasteiger partial charge on any atom is 0.129 e. The molecule has 2 aromatic rings. The number of hydrogen-bond donors (Lipinski definition) is 1. The second kappa shape index (κ2) is 4.59. The van der Waals surface area contributed by atoms with E-state index in [9.17, 15) is 0 Å². The van der Waals surface area contributed by atoms with Gasteiger partial charge in [-0.05, 0) is 18.6 Å². The maximum absolute atomic E-state index is 5.77. The van der Waals surface area contributed by atoms with Gasteiger partial charge in [-0.2, -0.15) is 0 Å². The number of nitrogens with zero attached hydrogens (tertiary/aromatic N) is 2. The van der Waals surface area contributed by atoms with Gasteiger partial charge < -0.3 is 5.32 Å². The van der Waals surface area contributed by atoms with E-state index in [1.54, 1.807) is 17.5 Å². The zero-order chi connectivity index (χ0) is 10.7. The number of nitrogens with one attached hydrogen (secondary N) is 1. The molecule has 0 aromatic carbocycles. The highest BCUT2D eigenvalue weighted by atomic mass is 35.5. The zero-order valence-electron chi connectivity index (χ0n) is 8.20. The quantitative estimate of drug-likeness (QED) is 0.837. The Balaban J connectivity index is 2.05. The minimum atomic E-state index is 0.520. The Morgan fingerprint density at radius 1 is 1.47 bits per heavy atom. The molecule has 0 radical (unpaired) electrons. The highest BCUT2D eigenvalue weighted by molar-refractivity contribution is 7.07. The maximum atomic E-state index is 5.77. The Hall–Kier alpha value is -1.13. The van der Waals surface area contributed by atoms with E-state index < -0.39 is 0 Å². The summed E-state index contributed by atoms with van der Waals surface area (Å²) in [6.07, 6.45) is 1.74. The van der Waals surface area contributed by atoms with Crippen LogP contribution in [-0.2, 0) is 6.54 Å². The molecular weight excluding hydrogens is 230 g/mol. The van der Waals surface area contributed by atoms with Gasteiger partial charge in [0.15, 0.2) is 0 Å². The lowest BCUT2D eigenvalue weighted by Crippen LogP contribution is -2.01. The van der Waals surface area contributed by atoms with Crippen molar-refractivity contribution in [3.05, 3.63) is 39.6 Å². The largest absolute Gasteiger partial charge is 0.378 e. The summed E-state index contributed by atoms with van der Waals surface area (Å²) in [4.78, 5) is 8.21. The molecule has 0 unspecified atom stereocenters. The summed E-state index contributed by atoms with van der Waals surface area (Å²) in [5, 5.41) is 5.81. The minimum absolute atomic E-state index is 0.520. The number of thiazole rings is 1. The van der Waals surface area contributed by atoms with Gasteiger partial charge in [0.25, 0.3) is 0 Å². The van der Waals surface area contributed by atoms with Crippen molar-refractivity contribution in [3.63, 3.8) is 0 Å². The van der Waals surface area contributed by atoms with E-state index in [1.165, 1.54) is 0 Å². The van der Waals surface area contributed by atoms with Gasteiger partial charge in [-0.25, -0.2) is 9.97 Å². The fraction of sp³-hybridized carbons (Fsp3) is 0.200. The molecule has 0 bridgehead atoms. The molecule has 2 rings (SSSR count). The predicted octanol–water partition coefficient (Wildman–Crippen LogP) is 3.11. The van der Waals surface area contributed by atoms with Gasteiger partial charge in [-0.15, -0.1) is 11.3 Å². The fourth-order valence-electron chi connectivity index (χ4n) is 1.22. The average Bonchev–Trinajstić information content (AvgIpc) is 2.69. The van der Waals surface area contributed by atoms with Crippen LogP contribution in [-0.4, -0.2) is 9.97 Å². The number of halogens is 1. The molecule has 0 spiro atoms. The molecule has 78 valence electrons. The molecule has 0 aliphatic rings. The summed E-state index contributed by atoms with van der Waals surface area (Å²) in [5.41, 5.74) is 4.94. The molecular formula is C10H10ClN3S. The smallest absolute Gasteiger partial charge is 0.129 e. The molecule has 0 aliphatic heterocycles. The Morgan fingerprint density at radius 2 is 2.33 bits per heavy atom. The monoisotopic (exact) mass is 239 g/mol. The van der Waals surface area contributed by atoms with Crippen LogP contribution in [0, 0.1) is 6.92 Å². The molecule has 0 aliphatic carbocycles. The van der Waals surface area contributed by atoms with Crippen LogP contribution in [0.2, 0.25) is 5.15 Å². The van der Waals surface area contributed by atoms with Crippen LogP contribution >= 0.6 is 22.9 Å². The molecule has 1 N–H and O–H groups in total. The SMILES string of the molecule is Cc1cc(Cl)ncc1NCc1cscn1. The summed E-state index contributed by atoms with van der Waals surface area (Å²) in [7, 11) is 0. The van der Waals surface area contributed by atoms with Gasteiger partial charge in [-0.1, -0.05) is 11.6 Å². The van der Waals surface area contributed by atoms with Gasteiger partial charge in [0, 0.05) is 5.38 Å². The first-order valence-electron chi connectivity index (χ1n) is 4.49. The second-order valence-corrected chi connectivity index (χ2v) is 4.26. The summed E-state index contributed by atoms with van der Waals surface area (Å²) in [5.74, 6) is 0. The Morgan fingerprint density at radius 3 is 3.00 bits per heavy atom. The molecule has 5 heteroatoms. The second-order valence-electron chi connectivity index (χ2n) is 3.16. The number of aromatic nitrogens is 2. The molecule has 0 fully saturated rings. The van der Waals surface area contributed by atoms with Gasteiger partial charge in [-0.3, -0.25) is 0 Å². The summed E-state index contributed by atoms with van der Waals surface area (Å²) in [6.45, 7) is 2.71. The lowest BCUT2D eigenvalue weighted by atomic mass is 10.2. The van der Waals surface area contributed by atoms with Crippen molar-refractivity contribution in [2.24, 2.45) is 0 Å². The number of anilines is 1. The fourth-order valence-corrected chi connectivity index (χ4v) is 1.99. The topological polar surface area (TPSA) is 37.8 Å². The predicted molar refractivity (Wildman–Crippen MR) is 63.4 cm³/mol. The first kappa shape index (κ1) is 10.4. The summed E-state index contributed by atoms with van der Waals surface area (Å²) >= 11 is 7.36. The molecule has 2 aromatic heterocycles. The van der Waals surface area contributed by atoms with Crippen LogP contribution < -0.4 is 5.32 Å². The number of rotatable bonds is 3. The molecule has 2 heterocycles. The van der Waals surface area contributed by atoms with E-state index in [0.717, 1.165) is 16.9 Å². The van der Waals surface area contributed by atoms with Crippen LogP contribution in [0.1, 0.15) is 11.3 Å². The number of aryl methyl sites for hydroxylation is 1. The van der Waals surface area contributed by atoms with Crippen molar-refractivity contribution in [3.8, 4) is 0 Å². The van der Waals surface area contributed by atoms with E-state index in [-0.39, 0.29) is 0 Å². The highest BCUT2D eigenvalue weighted by Gasteiger charge is 2.00. The molecule has 0 amide bonds. The highest BCUT2D eigenvalue weighted by Crippen LogP contribution is 2.17. The average molecular weight is 240 g/mol. The lowest BCUT2D eigenvalue weighted by Gasteiger charge is -2.07. The molecule has 0 atom stereocenters. The van der Waals surface area contributed by atoms with Crippen LogP contribution in [0.5, 0.6) is 0 Å². The number of hydrogen-bond acceptors (Lipinski definition) is 4. The van der Waals surface area contributed by atoms with Crippen molar-refractivity contribution in [2.75, 3.05) is 5.32 Å². The standard InChI is InChI=1S/C10H10ClN3S/c1-7-2-10(11)13-4-9(7)12-3-8-5-15-6-14-8/h2,4-6,12H,3H2,1H3. The Bertz CT molecular complexity index is 442. The summed E-state index contributed by atoms with van der Waals surface area (Å²) < 4.78 is 0. The lowest BCUT2D eigenvalue weighted by molar-refractivity contribution is 1.06. The van der Waals surface area contributed by atoms with Gasteiger partial charge in [0.1, 0.15) is 5.15 Å². The normalized spacial score (nSPS) is 10.3. The minimum Gasteiger partial charge on any atom is -0.378 e. The van der Waals surface area contributed by atoms with Crippen molar-refractivity contribution < 1.29 is 0 Å². The van der Waals surface area contributed by atoms with Gasteiger partial charge >= 0.3 is 0 Å². The van der Waals surface area contributed by atoms with Gasteiger partial charge in [0.2, 0.25) is 0 Å². The van der Waals surface area contributed by atoms with Gasteiger partial charge in [0.05, 0.1) is 29.6 Å². The van der Waals surface area contributed by atoms with Crippen molar-refractivity contribution in [1.82, 2.24) is 9.97 Å². The Labute approximate surface area is 97.2 Å². The van der Waals surface area contributed by atoms with E-state index in [1.807, 2.05) is 23.9 Å². The van der Waals surface area contributed by atoms with E-state index in [2.05, 4.69) is 15.3 Å². The van der Waals surface area contributed by atoms with E-state index in [4.69, 9.17) is 11.6 Å².